The zero-order valence-corrected chi connectivity index (χ0v) is 22.3. The van der Waals surface area contributed by atoms with E-state index in [1.807, 2.05) is 18.2 Å². The number of anilines is 1. The molecule has 1 unspecified atom stereocenters. The van der Waals surface area contributed by atoms with Crippen molar-refractivity contribution in [3.63, 3.8) is 0 Å². The van der Waals surface area contributed by atoms with Gasteiger partial charge >= 0.3 is 0 Å². The fourth-order valence-electron chi connectivity index (χ4n) is 6.09. The number of aryl methyl sites for hydroxylation is 2. The largest absolute Gasteiger partial charge is 0.325 e. The van der Waals surface area contributed by atoms with Crippen molar-refractivity contribution in [2.45, 2.75) is 56.8 Å². The molecule has 210 valence electrons. The van der Waals surface area contributed by atoms with E-state index in [9.17, 15) is 22.8 Å². The number of hydrogen-bond acceptors (Lipinski definition) is 5. The minimum absolute atomic E-state index is 0.209. The SMILES string of the molecule is Cc1nc(-c2ncccn2)cn1CC(=O)N(c1cccc(F)c1)C1(N(C=O)C2CC(F)(F)C2)CCc2ccccc21. The molecule has 0 N–H and O–H groups in total. The van der Waals surface area contributed by atoms with Crippen LogP contribution in [0.4, 0.5) is 18.9 Å². The van der Waals surface area contributed by atoms with Gasteiger partial charge in [-0.3, -0.25) is 14.5 Å². The van der Waals surface area contributed by atoms with Gasteiger partial charge in [0.25, 0.3) is 5.92 Å². The van der Waals surface area contributed by atoms with Crippen LogP contribution in [0.15, 0.2) is 73.2 Å². The summed E-state index contributed by atoms with van der Waals surface area (Å²) in [6, 6.07) is 13.8. The van der Waals surface area contributed by atoms with Crippen LogP contribution in [0.5, 0.6) is 0 Å². The van der Waals surface area contributed by atoms with E-state index in [4.69, 9.17) is 0 Å². The number of aromatic nitrogens is 4. The first-order valence-electron chi connectivity index (χ1n) is 13.3. The van der Waals surface area contributed by atoms with Gasteiger partial charge < -0.3 is 9.47 Å². The topological polar surface area (TPSA) is 84.2 Å². The lowest BCUT2D eigenvalue weighted by Crippen LogP contribution is -2.65. The van der Waals surface area contributed by atoms with Crippen molar-refractivity contribution < 1.29 is 22.8 Å². The molecule has 2 aromatic heterocycles. The molecule has 2 aromatic carbocycles. The van der Waals surface area contributed by atoms with Crippen LogP contribution in [0.1, 0.15) is 36.2 Å². The first kappa shape index (κ1) is 26.7. The lowest BCUT2D eigenvalue weighted by molar-refractivity contribution is -0.160. The molecule has 4 aromatic rings. The maximum atomic E-state index is 14.7. The Kier molecular flexibility index (Phi) is 6.59. The molecule has 41 heavy (non-hydrogen) atoms. The van der Waals surface area contributed by atoms with Gasteiger partial charge in [0.15, 0.2) is 5.82 Å². The van der Waals surface area contributed by atoms with E-state index in [-0.39, 0.29) is 18.7 Å². The Labute approximate surface area is 234 Å². The van der Waals surface area contributed by atoms with E-state index < -0.39 is 42.2 Å². The maximum Gasteiger partial charge on any atom is 0.252 e. The van der Waals surface area contributed by atoms with Gasteiger partial charge in [-0.1, -0.05) is 30.3 Å². The van der Waals surface area contributed by atoms with E-state index >= 15 is 0 Å². The van der Waals surface area contributed by atoms with Crippen LogP contribution in [0, 0.1) is 12.7 Å². The first-order chi connectivity index (χ1) is 19.7. The number of benzene rings is 2. The molecule has 6 rings (SSSR count). The predicted octanol–water partition coefficient (Wildman–Crippen LogP) is 4.88. The molecule has 2 aliphatic rings. The quantitative estimate of drug-likeness (QED) is 0.227. The third-order valence-electron chi connectivity index (χ3n) is 7.96. The molecular weight excluding hydrogens is 533 g/mol. The third kappa shape index (κ3) is 4.64. The Morgan fingerprint density at radius 1 is 1.10 bits per heavy atom. The molecule has 1 atom stereocenters. The molecule has 2 heterocycles. The first-order valence-corrected chi connectivity index (χ1v) is 13.3. The summed E-state index contributed by atoms with van der Waals surface area (Å²) in [6.07, 6.45) is 5.13. The normalized spacial score (nSPS) is 19.3. The highest BCUT2D eigenvalue weighted by molar-refractivity contribution is 5.95. The number of halogens is 3. The average molecular weight is 561 g/mol. The molecule has 2 aliphatic carbocycles. The van der Waals surface area contributed by atoms with E-state index in [0.717, 1.165) is 5.56 Å². The van der Waals surface area contributed by atoms with Crippen molar-refractivity contribution in [3.05, 3.63) is 96.0 Å². The number of alkyl halides is 2. The van der Waals surface area contributed by atoms with Gasteiger partial charge in [0, 0.05) is 48.7 Å². The van der Waals surface area contributed by atoms with Gasteiger partial charge in [-0.05, 0) is 49.6 Å². The molecule has 0 bridgehead atoms. The zero-order chi connectivity index (χ0) is 28.8. The summed E-state index contributed by atoms with van der Waals surface area (Å²) in [6.45, 7) is 1.53. The van der Waals surface area contributed by atoms with Gasteiger partial charge in [-0.2, -0.15) is 0 Å². The summed E-state index contributed by atoms with van der Waals surface area (Å²) in [5.74, 6) is -3.03. The standard InChI is InChI=1S/C30H27F3N6O2/c1-20-36-26(28-34-12-5-13-35-28)17-37(20)18-27(41)39(23-8-4-7-22(31)14-23)30(11-10-21-6-2-3-9-25(21)30)38(19-40)24-15-29(32,33)16-24/h2-9,12-14,17,19,24H,10-11,15-16,18H2,1H3. The van der Waals surface area contributed by atoms with Crippen LogP contribution in [0.2, 0.25) is 0 Å². The van der Waals surface area contributed by atoms with E-state index in [0.29, 0.717) is 35.7 Å². The van der Waals surface area contributed by atoms with Crippen LogP contribution in [0.3, 0.4) is 0 Å². The van der Waals surface area contributed by atoms with Gasteiger partial charge in [0.1, 0.15) is 29.5 Å². The predicted molar refractivity (Wildman–Crippen MR) is 144 cm³/mol. The molecule has 8 nitrogen and oxygen atoms in total. The third-order valence-corrected chi connectivity index (χ3v) is 7.96. The Hall–Kier alpha value is -4.54. The van der Waals surface area contributed by atoms with Gasteiger partial charge in [0.05, 0.1) is 0 Å². The summed E-state index contributed by atoms with van der Waals surface area (Å²) in [5.41, 5.74) is 0.793. The van der Waals surface area contributed by atoms with Crippen molar-refractivity contribution in [1.82, 2.24) is 24.4 Å². The molecule has 2 amide bonds. The van der Waals surface area contributed by atoms with Crippen molar-refractivity contribution in [1.29, 1.82) is 0 Å². The second-order valence-corrected chi connectivity index (χ2v) is 10.5. The van der Waals surface area contributed by atoms with Crippen LogP contribution in [-0.2, 0) is 28.2 Å². The fourth-order valence-corrected chi connectivity index (χ4v) is 6.09. The number of imidazole rings is 1. The Morgan fingerprint density at radius 3 is 2.56 bits per heavy atom. The van der Waals surface area contributed by atoms with Crippen LogP contribution in [0.25, 0.3) is 11.5 Å². The van der Waals surface area contributed by atoms with Gasteiger partial charge in [-0.15, -0.1) is 0 Å². The number of rotatable bonds is 8. The average Bonchev–Trinajstić information content (AvgIpc) is 3.50. The number of amides is 2. The van der Waals surface area contributed by atoms with Crippen molar-refractivity contribution >= 4 is 18.0 Å². The lowest BCUT2D eigenvalue weighted by Gasteiger charge is -2.54. The van der Waals surface area contributed by atoms with Crippen LogP contribution in [-0.4, -0.2) is 48.7 Å². The molecule has 0 spiro atoms. The summed E-state index contributed by atoms with van der Waals surface area (Å²) in [5, 5.41) is 0. The molecule has 0 aliphatic heterocycles. The monoisotopic (exact) mass is 560 g/mol. The lowest BCUT2D eigenvalue weighted by atomic mass is 9.83. The van der Waals surface area contributed by atoms with Crippen molar-refractivity contribution in [2.24, 2.45) is 0 Å². The minimum atomic E-state index is -2.90. The van der Waals surface area contributed by atoms with Crippen molar-refractivity contribution in [3.8, 4) is 11.5 Å². The molecule has 0 radical (unpaired) electrons. The Bertz CT molecular complexity index is 1600. The minimum Gasteiger partial charge on any atom is -0.325 e. The number of carbonyl (C=O) groups is 2. The number of hydrogen-bond donors (Lipinski definition) is 0. The van der Waals surface area contributed by atoms with E-state index in [1.54, 1.807) is 48.3 Å². The zero-order valence-electron chi connectivity index (χ0n) is 22.3. The van der Waals surface area contributed by atoms with E-state index in [1.165, 1.54) is 28.0 Å². The molecule has 1 saturated carbocycles. The van der Waals surface area contributed by atoms with Crippen LogP contribution < -0.4 is 4.90 Å². The maximum absolute atomic E-state index is 14.7. The molecule has 11 heteroatoms. The highest BCUT2D eigenvalue weighted by Gasteiger charge is 2.58. The number of nitrogens with zero attached hydrogens (tertiary/aromatic N) is 6. The second kappa shape index (κ2) is 10.1. The van der Waals surface area contributed by atoms with Crippen molar-refractivity contribution in [2.75, 3.05) is 4.90 Å². The Morgan fingerprint density at radius 2 is 1.85 bits per heavy atom. The smallest absolute Gasteiger partial charge is 0.252 e. The van der Waals surface area contributed by atoms with Gasteiger partial charge in [-0.25, -0.2) is 28.1 Å². The molecule has 0 saturated heterocycles. The molecule has 1 fully saturated rings. The summed E-state index contributed by atoms with van der Waals surface area (Å²) in [7, 11) is 0. The fraction of sp³-hybridized carbons (Fsp3) is 0.300. The van der Waals surface area contributed by atoms with Crippen LogP contribution >= 0.6 is 0 Å². The summed E-state index contributed by atoms with van der Waals surface area (Å²) in [4.78, 5) is 42.9. The highest BCUT2D eigenvalue weighted by atomic mass is 19.3. The number of carbonyl (C=O) groups excluding carboxylic acids is 2. The molecular formula is C30H27F3N6O2. The summed E-state index contributed by atoms with van der Waals surface area (Å²) >= 11 is 0. The summed E-state index contributed by atoms with van der Waals surface area (Å²) < 4.78 is 44.5. The van der Waals surface area contributed by atoms with Gasteiger partial charge in [0.2, 0.25) is 12.3 Å². The van der Waals surface area contributed by atoms with E-state index in [2.05, 4.69) is 15.0 Å². The highest BCUT2D eigenvalue weighted by Crippen LogP contribution is 2.51. The number of fused-ring (bicyclic) bond motifs is 1. The second-order valence-electron chi connectivity index (χ2n) is 10.5. The Balaban J connectivity index is 1.48.